The lowest BCUT2D eigenvalue weighted by Crippen LogP contribution is -2.46. The fourth-order valence-electron chi connectivity index (χ4n) is 3.39. The third-order valence-corrected chi connectivity index (χ3v) is 5.00. The molecule has 0 aliphatic carbocycles. The van der Waals surface area contributed by atoms with Crippen molar-refractivity contribution in [3.8, 4) is 5.69 Å². The fraction of sp³-hybridized carbons (Fsp3) is 0.476. The number of likely N-dealkylation sites (tertiary alicyclic amines) is 1. The van der Waals surface area contributed by atoms with Crippen LogP contribution in [0.25, 0.3) is 5.69 Å². The van der Waals surface area contributed by atoms with Gasteiger partial charge in [0.15, 0.2) is 0 Å². The number of nitrogens with zero attached hydrogens (tertiary/aromatic N) is 3. The molecule has 2 amide bonds. The molecule has 6 nitrogen and oxygen atoms in total. The van der Waals surface area contributed by atoms with Crippen molar-refractivity contribution in [3.63, 3.8) is 0 Å². The van der Waals surface area contributed by atoms with Crippen LogP contribution in [-0.4, -0.2) is 39.1 Å². The number of hydrogen-bond acceptors (Lipinski definition) is 3. The first-order chi connectivity index (χ1) is 13.2. The summed E-state index contributed by atoms with van der Waals surface area (Å²) in [4.78, 5) is 27.0. The zero-order valence-corrected chi connectivity index (χ0v) is 17.4. The molecule has 2 heterocycles. The molecule has 1 N–H and O–H groups in total. The van der Waals surface area contributed by atoms with E-state index in [2.05, 4.69) is 10.4 Å². The Labute approximate surface area is 170 Å². The van der Waals surface area contributed by atoms with Gasteiger partial charge in [0.1, 0.15) is 6.04 Å². The number of hydrogen-bond donors (Lipinski definition) is 1. The van der Waals surface area contributed by atoms with Crippen molar-refractivity contribution in [3.05, 3.63) is 47.2 Å². The Kier molecular flexibility index (Phi) is 6.08. The van der Waals surface area contributed by atoms with E-state index in [9.17, 15) is 9.59 Å². The molecule has 1 aromatic carbocycles. The van der Waals surface area contributed by atoms with E-state index >= 15 is 0 Å². The molecule has 1 aromatic heterocycles. The number of amides is 2. The van der Waals surface area contributed by atoms with Gasteiger partial charge in [0.25, 0.3) is 0 Å². The van der Waals surface area contributed by atoms with Crippen LogP contribution in [0.3, 0.4) is 0 Å². The molecule has 3 rings (SSSR count). The molecule has 1 saturated heterocycles. The van der Waals surface area contributed by atoms with E-state index in [0.29, 0.717) is 31.0 Å². The Morgan fingerprint density at radius 1 is 1.25 bits per heavy atom. The fourth-order valence-corrected chi connectivity index (χ4v) is 3.51. The van der Waals surface area contributed by atoms with Crippen LogP contribution in [0.15, 0.2) is 36.7 Å². The van der Waals surface area contributed by atoms with E-state index in [1.807, 2.05) is 51.2 Å². The van der Waals surface area contributed by atoms with Crippen LogP contribution in [0.2, 0.25) is 5.02 Å². The summed E-state index contributed by atoms with van der Waals surface area (Å²) in [5, 5.41) is 7.96. The van der Waals surface area contributed by atoms with E-state index in [4.69, 9.17) is 11.6 Å². The van der Waals surface area contributed by atoms with Gasteiger partial charge in [-0.1, -0.05) is 32.4 Å². The molecular formula is C21H27ClN4O2. The van der Waals surface area contributed by atoms with Gasteiger partial charge < -0.3 is 10.2 Å². The molecule has 1 fully saturated rings. The normalized spacial score (nSPS) is 17.0. The molecule has 150 valence electrons. The minimum Gasteiger partial charge on any atom is -0.350 e. The third-order valence-electron chi connectivity index (χ3n) is 4.75. The summed E-state index contributed by atoms with van der Waals surface area (Å²) < 4.78 is 1.74. The summed E-state index contributed by atoms with van der Waals surface area (Å²) in [6, 6.07) is 7.01. The van der Waals surface area contributed by atoms with Crippen LogP contribution in [0.5, 0.6) is 0 Å². The second-order valence-corrected chi connectivity index (χ2v) is 8.91. The lowest BCUT2D eigenvalue weighted by Gasteiger charge is -2.27. The van der Waals surface area contributed by atoms with Gasteiger partial charge in [-0.05, 0) is 42.5 Å². The van der Waals surface area contributed by atoms with Gasteiger partial charge in [-0.25, -0.2) is 4.68 Å². The van der Waals surface area contributed by atoms with E-state index in [1.165, 1.54) is 0 Å². The molecule has 0 radical (unpaired) electrons. The van der Waals surface area contributed by atoms with E-state index in [0.717, 1.165) is 17.7 Å². The van der Waals surface area contributed by atoms with E-state index in [-0.39, 0.29) is 23.3 Å². The first-order valence-electron chi connectivity index (χ1n) is 9.60. The molecule has 1 unspecified atom stereocenters. The molecule has 1 aliphatic rings. The summed E-state index contributed by atoms with van der Waals surface area (Å²) in [7, 11) is 0. The maximum Gasteiger partial charge on any atom is 0.243 e. The van der Waals surface area contributed by atoms with Crippen molar-refractivity contribution in [2.45, 2.75) is 52.6 Å². The smallest absolute Gasteiger partial charge is 0.243 e. The van der Waals surface area contributed by atoms with Gasteiger partial charge in [0.2, 0.25) is 11.8 Å². The number of halogens is 1. The number of nitrogens with one attached hydrogen (secondary N) is 1. The van der Waals surface area contributed by atoms with E-state index in [1.54, 1.807) is 15.8 Å². The summed E-state index contributed by atoms with van der Waals surface area (Å²) in [6.45, 7) is 7.14. The van der Waals surface area contributed by atoms with Crippen LogP contribution < -0.4 is 5.32 Å². The molecule has 2 aromatic rings. The highest BCUT2D eigenvalue weighted by Crippen LogP contribution is 2.25. The Morgan fingerprint density at radius 3 is 2.64 bits per heavy atom. The average molecular weight is 403 g/mol. The monoisotopic (exact) mass is 402 g/mol. The predicted octanol–water partition coefficient (Wildman–Crippen LogP) is 3.57. The number of aromatic nitrogens is 2. The van der Waals surface area contributed by atoms with Crippen molar-refractivity contribution in [1.29, 1.82) is 0 Å². The SMILES string of the molecule is CC(C)(C)CC(=O)N1CCCC1C(=O)NCc1cnn(-c2ccc(Cl)cc2)c1. The van der Waals surface area contributed by atoms with Crippen molar-refractivity contribution >= 4 is 23.4 Å². The number of rotatable bonds is 5. The summed E-state index contributed by atoms with van der Waals surface area (Å²) in [6.07, 6.45) is 5.63. The molecule has 1 atom stereocenters. The Hall–Kier alpha value is -2.34. The van der Waals surface area contributed by atoms with Gasteiger partial charge in [-0.3, -0.25) is 9.59 Å². The Morgan fingerprint density at radius 2 is 1.96 bits per heavy atom. The van der Waals surface area contributed by atoms with Crippen LogP contribution >= 0.6 is 11.6 Å². The lowest BCUT2D eigenvalue weighted by atomic mass is 9.91. The second kappa shape index (κ2) is 8.35. The van der Waals surface area contributed by atoms with Crippen LogP contribution in [-0.2, 0) is 16.1 Å². The zero-order chi connectivity index (χ0) is 20.3. The molecular weight excluding hydrogens is 376 g/mol. The number of carbonyl (C=O) groups is 2. The van der Waals surface area contributed by atoms with Crippen LogP contribution in [0.1, 0.15) is 45.6 Å². The topological polar surface area (TPSA) is 67.2 Å². The zero-order valence-electron chi connectivity index (χ0n) is 16.6. The first kappa shape index (κ1) is 20.4. The highest BCUT2D eigenvalue weighted by Gasteiger charge is 2.35. The van der Waals surface area contributed by atoms with Gasteiger partial charge in [0.05, 0.1) is 11.9 Å². The molecule has 0 bridgehead atoms. The van der Waals surface area contributed by atoms with Gasteiger partial charge in [-0.15, -0.1) is 0 Å². The van der Waals surface area contributed by atoms with Gasteiger partial charge >= 0.3 is 0 Å². The van der Waals surface area contributed by atoms with Crippen molar-refractivity contribution in [2.75, 3.05) is 6.54 Å². The third kappa shape index (κ3) is 5.13. The first-order valence-corrected chi connectivity index (χ1v) is 9.97. The highest BCUT2D eigenvalue weighted by molar-refractivity contribution is 6.30. The largest absolute Gasteiger partial charge is 0.350 e. The highest BCUT2D eigenvalue weighted by atomic mass is 35.5. The quantitative estimate of drug-likeness (QED) is 0.831. The van der Waals surface area contributed by atoms with Crippen molar-refractivity contribution in [1.82, 2.24) is 20.0 Å². The molecule has 1 aliphatic heterocycles. The molecule has 7 heteroatoms. The van der Waals surface area contributed by atoms with Gasteiger partial charge in [0, 0.05) is 36.3 Å². The molecule has 0 spiro atoms. The Bertz CT molecular complexity index is 839. The average Bonchev–Trinajstić information content (AvgIpc) is 3.28. The number of benzene rings is 1. The maximum absolute atomic E-state index is 12.7. The summed E-state index contributed by atoms with van der Waals surface area (Å²) >= 11 is 5.92. The molecule has 28 heavy (non-hydrogen) atoms. The van der Waals surface area contributed by atoms with E-state index < -0.39 is 0 Å². The van der Waals surface area contributed by atoms with Crippen LogP contribution in [0, 0.1) is 5.41 Å². The molecule has 0 saturated carbocycles. The van der Waals surface area contributed by atoms with Crippen molar-refractivity contribution < 1.29 is 9.59 Å². The van der Waals surface area contributed by atoms with Gasteiger partial charge in [-0.2, -0.15) is 5.10 Å². The lowest BCUT2D eigenvalue weighted by molar-refractivity contribution is -0.139. The summed E-state index contributed by atoms with van der Waals surface area (Å²) in [5.41, 5.74) is 1.71. The second-order valence-electron chi connectivity index (χ2n) is 8.47. The number of carbonyl (C=O) groups excluding carboxylic acids is 2. The Balaban J connectivity index is 1.58. The minimum atomic E-state index is -0.374. The summed E-state index contributed by atoms with van der Waals surface area (Å²) in [5.74, 6) is -0.0419. The maximum atomic E-state index is 12.7. The standard InChI is InChI=1S/C21H27ClN4O2/c1-21(2,3)11-19(27)25-10-4-5-18(25)20(28)23-12-15-13-24-26(14-15)17-8-6-16(22)7-9-17/h6-9,13-14,18H,4-5,10-12H2,1-3H3,(H,23,28). The predicted molar refractivity (Wildman–Crippen MR) is 109 cm³/mol. The van der Waals surface area contributed by atoms with Crippen molar-refractivity contribution in [2.24, 2.45) is 5.41 Å². The van der Waals surface area contributed by atoms with Crippen LogP contribution in [0.4, 0.5) is 0 Å². The minimum absolute atomic E-state index is 0.0562.